The molecule has 0 aliphatic heterocycles. The zero-order valence-electron chi connectivity index (χ0n) is 12.1. The Hall–Kier alpha value is -1.05. The smallest absolute Gasteiger partial charge is 0.0771 e. The van der Waals surface area contributed by atoms with Crippen molar-refractivity contribution in [2.24, 2.45) is 0 Å². The molecule has 0 saturated carbocycles. The monoisotopic (exact) mass is 362 g/mol. The molecule has 4 rings (SSSR count). The van der Waals surface area contributed by atoms with Gasteiger partial charge >= 0.3 is 24.8 Å². The quantitative estimate of drug-likeness (QED) is 0.355. The van der Waals surface area contributed by atoms with Gasteiger partial charge in [-0.15, -0.1) is 46.2 Å². The van der Waals surface area contributed by atoms with Crippen LogP contribution in [0.4, 0.5) is 0 Å². The van der Waals surface area contributed by atoms with Crippen LogP contribution in [-0.4, -0.2) is 4.82 Å². The van der Waals surface area contributed by atoms with Crippen LogP contribution in [0.5, 0.6) is 0 Å². The average Bonchev–Trinajstić information content (AvgIpc) is 3.20. The molecule has 3 aromatic rings. The number of rotatable bonds is 0. The molecule has 0 aromatic heterocycles. The maximum absolute atomic E-state index is 3.25. The molecular formula is C19H16Cl2Ti-2. The van der Waals surface area contributed by atoms with Crippen molar-refractivity contribution in [1.82, 2.24) is 0 Å². The van der Waals surface area contributed by atoms with E-state index in [0.717, 1.165) is 6.42 Å². The minimum absolute atomic E-state index is 0. The van der Waals surface area contributed by atoms with E-state index in [1.54, 1.807) is 20.0 Å². The zero-order chi connectivity index (χ0) is 14.2. The van der Waals surface area contributed by atoms with E-state index in [9.17, 15) is 0 Å². The number of allylic oxidation sites excluding steroid dienone is 4. The summed E-state index contributed by atoms with van der Waals surface area (Å²) in [5, 5.41) is 5.39. The first-order valence-corrected chi connectivity index (χ1v) is 7.66. The maximum Gasteiger partial charge on any atom is -0.0771 e. The third-order valence-electron chi connectivity index (χ3n) is 3.11. The summed E-state index contributed by atoms with van der Waals surface area (Å²) < 4.78 is 0. The second-order valence-electron chi connectivity index (χ2n) is 4.32. The summed E-state index contributed by atoms with van der Waals surface area (Å²) in [6.07, 6.45) is 10.0. The van der Waals surface area contributed by atoms with Crippen molar-refractivity contribution in [1.29, 1.82) is 0 Å². The molecule has 0 spiro atoms. The average molecular weight is 363 g/mol. The minimum atomic E-state index is 0. The molecule has 1 aliphatic rings. The van der Waals surface area contributed by atoms with E-state index < -0.39 is 0 Å². The summed E-state index contributed by atoms with van der Waals surface area (Å²) in [4.78, 5) is 3.25. The number of halogens is 2. The first-order valence-electron chi connectivity index (χ1n) is 6.55. The summed E-state index contributed by atoms with van der Waals surface area (Å²) in [6.45, 7) is 0. The van der Waals surface area contributed by atoms with Gasteiger partial charge < -0.3 is 24.8 Å². The van der Waals surface area contributed by atoms with E-state index in [4.69, 9.17) is 0 Å². The fourth-order valence-electron chi connectivity index (χ4n) is 2.24. The van der Waals surface area contributed by atoms with Crippen LogP contribution in [0.1, 0.15) is 6.42 Å². The standard InChI is InChI=1S/C13H9.C5H5.CH2.2ClH.Ti/c1-3-7-12-10(5-1)9-11-6-2-4-8-13(11)12;1-2-4-5-3-1;;;;/h1-9H;1-3H,4H2;1H2;2*1H;/q2*-1;;;;+2/p-2. The molecule has 1 aliphatic carbocycles. The third-order valence-corrected chi connectivity index (χ3v) is 3.11. The largest absolute Gasteiger partial charge is 1.00 e. The van der Waals surface area contributed by atoms with Crippen molar-refractivity contribution < 1.29 is 44.8 Å². The van der Waals surface area contributed by atoms with Gasteiger partial charge in [-0.05, 0) is 0 Å². The van der Waals surface area contributed by atoms with Crippen LogP contribution in [-0.2, 0) is 20.0 Å². The van der Waals surface area contributed by atoms with Crippen LogP contribution in [0, 0.1) is 6.08 Å². The van der Waals surface area contributed by atoms with Crippen molar-refractivity contribution in [2.45, 2.75) is 6.42 Å². The Kier molecular flexibility index (Phi) is 11.0. The third kappa shape index (κ3) is 5.30. The molecule has 112 valence electrons. The van der Waals surface area contributed by atoms with Gasteiger partial charge in [-0.2, -0.15) is 6.08 Å². The Morgan fingerprint density at radius 2 is 1.36 bits per heavy atom. The number of benzene rings is 2. The molecule has 0 fully saturated rings. The van der Waals surface area contributed by atoms with Crippen LogP contribution < -0.4 is 24.8 Å². The van der Waals surface area contributed by atoms with Crippen molar-refractivity contribution in [2.75, 3.05) is 0 Å². The van der Waals surface area contributed by atoms with Crippen molar-refractivity contribution in [3.05, 3.63) is 78.9 Å². The fraction of sp³-hybridized carbons (Fsp3) is 0.0526. The van der Waals surface area contributed by atoms with E-state index in [1.807, 2.05) is 12.2 Å². The molecule has 0 radical (unpaired) electrons. The van der Waals surface area contributed by atoms with E-state index in [2.05, 4.69) is 71.6 Å². The molecule has 0 amide bonds. The molecule has 3 aromatic carbocycles. The summed E-state index contributed by atoms with van der Waals surface area (Å²) in [7, 11) is 0. The second-order valence-corrected chi connectivity index (χ2v) is 4.32. The van der Waals surface area contributed by atoms with Gasteiger partial charge in [0.25, 0.3) is 0 Å². The van der Waals surface area contributed by atoms with Gasteiger partial charge in [0.1, 0.15) is 0 Å². The van der Waals surface area contributed by atoms with Gasteiger partial charge in [0.15, 0.2) is 0 Å². The molecule has 0 nitrogen and oxygen atoms in total. The molecule has 0 unspecified atom stereocenters. The Labute approximate surface area is 156 Å². The van der Waals surface area contributed by atoms with Crippen molar-refractivity contribution in [3.8, 4) is 0 Å². The predicted molar refractivity (Wildman–Crippen MR) is 85.7 cm³/mol. The first kappa shape index (κ1) is 21.0. The number of hydrogen-bond donors (Lipinski definition) is 0. The molecular weight excluding hydrogens is 347 g/mol. The van der Waals surface area contributed by atoms with Crippen LogP contribution in [0.15, 0.2) is 72.8 Å². The normalized spacial score (nSPS) is 10.8. The Bertz CT molecular complexity index is 681. The van der Waals surface area contributed by atoms with Gasteiger partial charge in [-0.25, -0.2) is 12.2 Å². The van der Waals surface area contributed by atoms with Crippen LogP contribution in [0.25, 0.3) is 21.5 Å². The topological polar surface area (TPSA) is 0 Å². The molecule has 22 heavy (non-hydrogen) atoms. The molecule has 0 saturated heterocycles. The number of hydrogen-bond acceptors (Lipinski definition) is 0. The molecule has 0 N–H and O–H groups in total. The Morgan fingerprint density at radius 3 is 1.73 bits per heavy atom. The summed E-state index contributed by atoms with van der Waals surface area (Å²) in [5.74, 6) is 0. The van der Waals surface area contributed by atoms with Crippen molar-refractivity contribution in [3.63, 3.8) is 0 Å². The SMILES string of the molecule is [C-]1=CC=CC1.[CH2]=[Ti+2].[Cl-].[Cl-].c1ccc2c(c1)[cH-]c1ccccc12. The van der Waals surface area contributed by atoms with E-state index in [-0.39, 0.29) is 24.8 Å². The maximum atomic E-state index is 3.25. The van der Waals surface area contributed by atoms with Gasteiger partial charge in [0.05, 0.1) is 0 Å². The minimum Gasteiger partial charge on any atom is -1.00 e. The van der Waals surface area contributed by atoms with Gasteiger partial charge in [0, 0.05) is 0 Å². The predicted octanol–water partition coefficient (Wildman–Crippen LogP) is -1.01. The molecule has 3 heteroatoms. The summed E-state index contributed by atoms with van der Waals surface area (Å²) in [6, 6.07) is 19.3. The zero-order valence-corrected chi connectivity index (χ0v) is 15.2. The van der Waals surface area contributed by atoms with E-state index >= 15 is 0 Å². The Balaban J connectivity index is 0.000000422. The molecule has 0 heterocycles. The van der Waals surface area contributed by atoms with E-state index in [1.165, 1.54) is 21.5 Å². The van der Waals surface area contributed by atoms with Gasteiger partial charge in [-0.1, -0.05) is 36.4 Å². The number of fused-ring (bicyclic) bond motifs is 3. The summed E-state index contributed by atoms with van der Waals surface area (Å²) in [5.41, 5.74) is 0. The van der Waals surface area contributed by atoms with Gasteiger partial charge in [-0.3, -0.25) is 6.08 Å². The van der Waals surface area contributed by atoms with Crippen molar-refractivity contribution >= 4 is 26.4 Å². The van der Waals surface area contributed by atoms with Crippen LogP contribution in [0.3, 0.4) is 0 Å². The first-order chi connectivity index (χ1) is 9.95. The van der Waals surface area contributed by atoms with E-state index in [0.29, 0.717) is 0 Å². The van der Waals surface area contributed by atoms with Gasteiger partial charge in [0.2, 0.25) is 0 Å². The molecule has 0 bridgehead atoms. The fourth-order valence-corrected chi connectivity index (χ4v) is 2.24. The second kappa shape index (κ2) is 11.5. The molecule has 0 atom stereocenters. The summed E-state index contributed by atoms with van der Waals surface area (Å²) >= 11 is 1.75. The Morgan fingerprint density at radius 1 is 0.864 bits per heavy atom. The van der Waals surface area contributed by atoms with Crippen LogP contribution in [0.2, 0.25) is 0 Å². The van der Waals surface area contributed by atoms with Crippen LogP contribution >= 0.6 is 0 Å².